The second-order valence-electron chi connectivity index (χ2n) is 6.16. The van der Waals surface area contributed by atoms with Gasteiger partial charge in [-0.1, -0.05) is 18.2 Å². The fourth-order valence-electron chi connectivity index (χ4n) is 3.71. The first-order valence-electron chi connectivity index (χ1n) is 7.58. The van der Waals surface area contributed by atoms with Gasteiger partial charge in [0.25, 0.3) is 0 Å². The SMILES string of the molecule is CNC(c1ccc2c(c1)CCCC2)C1CCS(=O)(=O)C1. The highest BCUT2D eigenvalue weighted by Crippen LogP contribution is 2.33. The van der Waals surface area contributed by atoms with Gasteiger partial charge in [0, 0.05) is 6.04 Å². The largest absolute Gasteiger partial charge is 0.313 e. The molecule has 3 nitrogen and oxygen atoms in total. The van der Waals surface area contributed by atoms with E-state index in [1.165, 1.54) is 42.4 Å². The highest BCUT2D eigenvalue weighted by molar-refractivity contribution is 7.91. The summed E-state index contributed by atoms with van der Waals surface area (Å²) in [6, 6.07) is 6.91. The molecule has 0 saturated carbocycles. The van der Waals surface area contributed by atoms with Crippen molar-refractivity contribution in [1.82, 2.24) is 5.32 Å². The Labute approximate surface area is 121 Å². The Hall–Kier alpha value is -0.870. The molecule has 2 atom stereocenters. The van der Waals surface area contributed by atoms with Crippen LogP contribution in [0.3, 0.4) is 0 Å². The number of fused-ring (bicyclic) bond motifs is 1. The summed E-state index contributed by atoms with van der Waals surface area (Å²) in [6.45, 7) is 0. The fraction of sp³-hybridized carbons (Fsp3) is 0.625. The molecule has 1 aromatic carbocycles. The van der Waals surface area contributed by atoms with Crippen LogP contribution in [0.25, 0.3) is 0 Å². The Morgan fingerprint density at radius 2 is 1.95 bits per heavy atom. The van der Waals surface area contributed by atoms with E-state index in [2.05, 4.69) is 23.5 Å². The summed E-state index contributed by atoms with van der Waals surface area (Å²) in [7, 11) is -0.876. The molecule has 0 bridgehead atoms. The second kappa shape index (κ2) is 5.49. The molecule has 0 aromatic heterocycles. The van der Waals surface area contributed by atoms with E-state index in [-0.39, 0.29) is 12.0 Å². The predicted molar refractivity (Wildman–Crippen MR) is 81.6 cm³/mol. The maximum atomic E-state index is 11.7. The molecule has 2 aliphatic rings. The van der Waals surface area contributed by atoms with Crippen LogP contribution in [0.5, 0.6) is 0 Å². The molecule has 1 aliphatic heterocycles. The van der Waals surface area contributed by atoms with E-state index in [9.17, 15) is 8.42 Å². The summed E-state index contributed by atoms with van der Waals surface area (Å²) >= 11 is 0. The molecule has 1 N–H and O–H groups in total. The van der Waals surface area contributed by atoms with Gasteiger partial charge in [-0.05, 0) is 61.8 Å². The average molecular weight is 293 g/mol. The molecule has 0 radical (unpaired) electrons. The third kappa shape index (κ3) is 2.77. The predicted octanol–water partition coefficient (Wildman–Crippen LogP) is 2.26. The van der Waals surface area contributed by atoms with E-state index in [0.29, 0.717) is 11.5 Å². The van der Waals surface area contributed by atoms with E-state index < -0.39 is 9.84 Å². The molecule has 1 aromatic rings. The van der Waals surface area contributed by atoms with Gasteiger partial charge in [-0.3, -0.25) is 0 Å². The van der Waals surface area contributed by atoms with Gasteiger partial charge in [0.15, 0.2) is 9.84 Å². The maximum absolute atomic E-state index is 11.7. The highest BCUT2D eigenvalue weighted by Gasteiger charge is 2.33. The lowest BCUT2D eigenvalue weighted by molar-refractivity contribution is 0.418. The Balaban J connectivity index is 1.86. The van der Waals surface area contributed by atoms with Gasteiger partial charge in [-0.25, -0.2) is 8.42 Å². The molecule has 3 rings (SSSR count). The highest BCUT2D eigenvalue weighted by atomic mass is 32.2. The third-order valence-corrected chi connectivity index (χ3v) is 6.58. The van der Waals surface area contributed by atoms with E-state index in [1.807, 2.05) is 7.05 Å². The van der Waals surface area contributed by atoms with Crippen molar-refractivity contribution in [2.45, 2.75) is 38.1 Å². The Kier molecular flexibility index (Phi) is 3.87. The lowest BCUT2D eigenvalue weighted by Gasteiger charge is -2.25. The fourth-order valence-corrected chi connectivity index (χ4v) is 5.55. The average Bonchev–Trinajstić information content (AvgIpc) is 2.80. The number of benzene rings is 1. The van der Waals surface area contributed by atoms with Crippen LogP contribution in [0.4, 0.5) is 0 Å². The molecule has 20 heavy (non-hydrogen) atoms. The van der Waals surface area contributed by atoms with Gasteiger partial charge in [-0.2, -0.15) is 0 Å². The molecule has 1 heterocycles. The molecule has 1 fully saturated rings. The smallest absolute Gasteiger partial charge is 0.150 e. The topological polar surface area (TPSA) is 46.2 Å². The quantitative estimate of drug-likeness (QED) is 0.930. The summed E-state index contributed by atoms with van der Waals surface area (Å²) in [6.07, 6.45) is 5.71. The zero-order valence-corrected chi connectivity index (χ0v) is 12.9. The van der Waals surface area contributed by atoms with Crippen molar-refractivity contribution in [3.63, 3.8) is 0 Å². The number of hydrogen-bond acceptors (Lipinski definition) is 3. The molecule has 1 saturated heterocycles. The van der Waals surface area contributed by atoms with Crippen molar-refractivity contribution in [1.29, 1.82) is 0 Å². The van der Waals surface area contributed by atoms with Crippen LogP contribution in [0.2, 0.25) is 0 Å². The minimum atomic E-state index is -2.82. The summed E-state index contributed by atoms with van der Waals surface area (Å²) in [5, 5.41) is 3.34. The van der Waals surface area contributed by atoms with E-state index in [0.717, 1.165) is 6.42 Å². The lowest BCUT2D eigenvalue weighted by Crippen LogP contribution is -2.26. The molecule has 1 aliphatic carbocycles. The van der Waals surface area contributed by atoms with Crippen LogP contribution >= 0.6 is 0 Å². The van der Waals surface area contributed by atoms with Crippen LogP contribution < -0.4 is 5.32 Å². The normalized spacial score (nSPS) is 26.1. The van der Waals surface area contributed by atoms with Crippen LogP contribution in [0, 0.1) is 5.92 Å². The van der Waals surface area contributed by atoms with Crippen LogP contribution in [-0.2, 0) is 22.7 Å². The van der Waals surface area contributed by atoms with Gasteiger partial charge in [0.1, 0.15) is 0 Å². The molecule has 0 amide bonds. The zero-order chi connectivity index (χ0) is 14.2. The molecule has 0 spiro atoms. The van der Waals surface area contributed by atoms with Gasteiger partial charge in [-0.15, -0.1) is 0 Å². The van der Waals surface area contributed by atoms with E-state index in [4.69, 9.17) is 0 Å². The summed E-state index contributed by atoms with van der Waals surface area (Å²) < 4.78 is 23.4. The van der Waals surface area contributed by atoms with Gasteiger partial charge in [0.05, 0.1) is 11.5 Å². The van der Waals surface area contributed by atoms with Crippen molar-refractivity contribution in [3.05, 3.63) is 34.9 Å². The monoisotopic (exact) mass is 293 g/mol. The van der Waals surface area contributed by atoms with Crippen LogP contribution in [-0.4, -0.2) is 27.0 Å². The van der Waals surface area contributed by atoms with Crippen molar-refractivity contribution < 1.29 is 8.42 Å². The molecular weight excluding hydrogens is 270 g/mol. The van der Waals surface area contributed by atoms with Crippen LogP contribution in [0.15, 0.2) is 18.2 Å². The van der Waals surface area contributed by atoms with Gasteiger partial charge >= 0.3 is 0 Å². The van der Waals surface area contributed by atoms with Crippen LogP contribution in [0.1, 0.15) is 42.0 Å². The van der Waals surface area contributed by atoms with Crippen molar-refractivity contribution in [2.75, 3.05) is 18.6 Å². The summed E-state index contributed by atoms with van der Waals surface area (Å²) in [4.78, 5) is 0. The van der Waals surface area contributed by atoms with Crippen molar-refractivity contribution >= 4 is 9.84 Å². The van der Waals surface area contributed by atoms with Gasteiger partial charge in [0.2, 0.25) is 0 Å². The second-order valence-corrected chi connectivity index (χ2v) is 8.39. The number of sulfone groups is 1. The number of nitrogens with one attached hydrogen (secondary N) is 1. The molecule has 4 heteroatoms. The number of hydrogen-bond donors (Lipinski definition) is 1. The molecular formula is C16H23NO2S. The third-order valence-electron chi connectivity index (χ3n) is 4.78. The molecule has 2 unspecified atom stereocenters. The van der Waals surface area contributed by atoms with Gasteiger partial charge < -0.3 is 5.32 Å². The lowest BCUT2D eigenvalue weighted by atomic mass is 9.86. The van der Waals surface area contributed by atoms with Crippen molar-refractivity contribution in [3.8, 4) is 0 Å². The van der Waals surface area contributed by atoms with E-state index in [1.54, 1.807) is 0 Å². The number of rotatable bonds is 3. The Morgan fingerprint density at radius 1 is 1.20 bits per heavy atom. The zero-order valence-electron chi connectivity index (χ0n) is 12.1. The van der Waals surface area contributed by atoms with Crippen molar-refractivity contribution in [2.24, 2.45) is 5.92 Å². The van der Waals surface area contributed by atoms with E-state index >= 15 is 0 Å². The first kappa shape index (κ1) is 14.1. The standard InChI is InChI=1S/C16H23NO2S/c1-17-16(15-8-9-20(18,19)11-15)14-7-6-12-4-2-3-5-13(12)10-14/h6-7,10,15-17H,2-5,8-9,11H2,1H3. The summed E-state index contributed by atoms with van der Waals surface area (Å²) in [5.74, 6) is 0.891. The molecule has 110 valence electrons. The minimum Gasteiger partial charge on any atom is -0.313 e. The maximum Gasteiger partial charge on any atom is 0.150 e. The Bertz CT molecular complexity index is 594. The minimum absolute atomic E-state index is 0.166. The first-order valence-corrected chi connectivity index (χ1v) is 9.40. The first-order chi connectivity index (χ1) is 9.59. The number of aryl methyl sites for hydroxylation is 2. The summed E-state index contributed by atoms with van der Waals surface area (Å²) in [5.41, 5.74) is 4.21. The Morgan fingerprint density at radius 3 is 2.60 bits per heavy atom.